The molecule has 3 rings (SSSR count). The van der Waals surface area contributed by atoms with Crippen LogP contribution in [0, 0.1) is 11.7 Å². The number of halogens is 1. The summed E-state index contributed by atoms with van der Waals surface area (Å²) in [6, 6.07) is 10.8. The van der Waals surface area contributed by atoms with E-state index in [4.69, 9.17) is 0 Å². The molecule has 2 N–H and O–H groups in total. The van der Waals surface area contributed by atoms with E-state index in [0.717, 1.165) is 31.2 Å². The van der Waals surface area contributed by atoms with Gasteiger partial charge in [0.05, 0.1) is 0 Å². The van der Waals surface area contributed by atoms with Gasteiger partial charge >= 0.3 is 0 Å². The Kier molecular flexibility index (Phi) is 5.22. The standard InChI is InChI=1S/C20H22FNO3/c21-16-10-8-14(9-11-16)6-7-15-3-2-12-22(13-15)20(25)19-17(23)4-1-5-18(19)24/h1,4-5,8-11,15,23-24H,2-3,6-7,12-13H2/t15-/m1/s1. The van der Waals surface area contributed by atoms with Crippen LogP contribution in [0.25, 0.3) is 0 Å². The van der Waals surface area contributed by atoms with Gasteiger partial charge in [-0.05, 0) is 61.4 Å². The molecule has 0 saturated carbocycles. The average molecular weight is 343 g/mol. The third-order valence-corrected chi connectivity index (χ3v) is 4.80. The van der Waals surface area contributed by atoms with Crippen molar-refractivity contribution in [3.8, 4) is 11.5 Å². The molecule has 0 aliphatic carbocycles. The smallest absolute Gasteiger partial charge is 0.261 e. The third-order valence-electron chi connectivity index (χ3n) is 4.80. The molecule has 4 nitrogen and oxygen atoms in total. The number of carbonyl (C=O) groups is 1. The molecule has 5 heteroatoms. The van der Waals surface area contributed by atoms with Gasteiger partial charge in [-0.15, -0.1) is 0 Å². The van der Waals surface area contributed by atoms with Gasteiger partial charge in [0.1, 0.15) is 22.9 Å². The van der Waals surface area contributed by atoms with E-state index >= 15 is 0 Å². The number of aryl methyl sites for hydroxylation is 1. The Bertz CT molecular complexity index is 725. The summed E-state index contributed by atoms with van der Waals surface area (Å²) in [5.41, 5.74) is 1.06. The number of nitrogens with zero attached hydrogens (tertiary/aromatic N) is 1. The van der Waals surface area contributed by atoms with Crippen molar-refractivity contribution in [2.75, 3.05) is 13.1 Å². The molecule has 132 valence electrons. The molecule has 0 spiro atoms. The lowest BCUT2D eigenvalue weighted by atomic mass is 9.91. The molecule has 1 fully saturated rings. The van der Waals surface area contributed by atoms with Gasteiger partial charge in [0.25, 0.3) is 5.91 Å². The van der Waals surface area contributed by atoms with Gasteiger partial charge < -0.3 is 15.1 Å². The SMILES string of the molecule is O=C(c1c(O)cccc1O)N1CCC[C@H](CCc2ccc(F)cc2)C1. The predicted octanol–water partition coefficient (Wildman–Crippen LogP) is 3.72. The minimum Gasteiger partial charge on any atom is -0.507 e. The molecular weight excluding hydrogens is 321 g/mol. The van der Waals surface area contributed by atoms with Crippen LogP contribution in [0.3, 0.4) is 0 Å². The van der Waals surface area contributed by atoms with E-state index in [-0.39, 0.29) is 28.8 Å². The van der Waals surface area contributed by atoms with Crippen LogP contribution in [0.5, 0.6) is 11.5 Å². The Balaban J connectivity index is 1.62. The largest absolute Gasteiger partial charge is 0.507 e. The summed E-state index contributed by atoms with van der Waals surface area (Å²) in [7, 11) is 0. The van der Waals surface area contributed by atoms with E-state index in [0.29, 0.717) is 19.0 Å². The monoisotopic (exact) mass is 343 g/mol. The van der Waals surface area contributed by atoms with Gasteiger partial charge in [-0.1, -0.05) is 18.2 Å². The molecule has 25 heavy (non-hydrogen) atoms. The number of hydrogen-bond acceptors (Lipinski definition) is 3. The molecule has 0 aromatic heterocycles. The Morgan fingerprint density at radius 3 is 2.48 bits per heavy atom. The van der Waals surface area contributed by atoms with E-state index in [2.05, 4.69) is 0 Å². The quantitative estimate of drug-likeness (QED) is 0.889. The van der Waals surface area contributed by atoms with Crippen molar-refractivity contribution in [1.29, 1.82) is 0 Å². The van der Waals surface area contributed by atoms with Crippen LogP contribution in [0.15, 0.2) is 42.5 Å². The normalized spacial score (nSPS) is 17.5. The summed E-state index contributed by atoms with van der Waals surface area (Å²) in [5, 5.41) is 19.8. The summed E-state index contributed by atoms with van der Waals surface area (Å²) in [6.45, 7) is 1.23. The minimum absolute atomic E-state index is 0.0262. The lowest BCUT2D eigenvalue weighted by molar-refractivity contribution is 0.0662. The van der Waals surface area contributed by atoms with Crippen molar-refractivity contribution in [2.45, 2.75) is 25.7 Å². The van der Waals surface area contributed by atoms with Crippen molar-refractivity contribution in [3.05, 3.63) is 59.4 Å². The fourth-order valence-electron chi connectivity index (χ4n) is 3.41. The fraction of sp³-hybridized carbons (Fsp3) is 0.350. The van der Waals surface area contributed by atoms with Crippen molar-refractivity contribution < 1.29 is 19.4 Å². The number of rotatable bonds is 4. The maximum absolute atomic E-state index is 13.0. The molecule has 1 saturated heterocycles. The van der Waals surface area contributed by atoms with Crippen LogP contribution in [-0.4, -0.2) is 34.1 Å². The Morgan fingerprint density at radius 2 is 1.80 bits per heavy atom. The maximum Gasteiger partial charge on any atom is 0.261 e. The van der Waals surface area contributed by atoms with E-state index in [1.165, 1.54) is 30.3 Å². The molecule has 1 amide bonds. The number of piperidine rings is 1. The molecule has 2 aromatic carbocycles. The first-order valence-electron chi connectivity index (χ1n) is 8.59. The van der Waals surface area contributed by atoms with Gasteiger partial charge in [0, 0.05) is 13.1 Å². The van der Waals surface area contributed by atoms with Crippen LogP contribution in [-0.2, 0) is 6.42 Å². The highest BCUT2D eigenvalue weighted by molar-refractivity contribution is 5.99. The van der Waals surface area contributed by atoms with E-state index in [9.17, 15) is 19.4 Å². The zero-order valence-electron chi connectivity index (χ0n) is 14.0. The summed E-state index contributed by atoms with van der Waals surface area (Å²) < 4.78 is 13.0. The summed E-state index contributed by atoms with van der Waals surface area (Å²) >= 11 is 0. The number of carbonyl (C=O) groups excluding carboxylic acids is 1. The Morgan fingerprint density at radius 1 is 1.12 bits per heavy atom. The van der Waals surface area contributed by atoms with Gasteiger partial charge in [-0.3, -0.25) is 4.79 Å². The number of phenolic OH excluding ortho intramolecular Hbond substituents is 2. The summed E-state index contributed by atoms with van der Waals surface area (Å²) in [4.78, 5) is 14.4. The number of likely N-dealkylation sites (tertiary alicyclic amines) is 1. The number of aromatic hydroxyl groups is 2. The van der Waals surface area contributed by atoms with Crippen LogP contribution < -0.4 is 0 Å². The lowest BCUT2D eigenvalue weighted by Gasteiger charge is -2.33. The first kappa shape index (κ1) is 17.3. The summed E-state index contributed by atoms with van der Waals surface area (Å²) in [6.07, 6.45) is 3.70. The van der Waals surface area contributed by atoms with Crippen molar-refractivity contribution in [3.63, 3.8) is 0 Å². The number of hydrogen-bond donors (Lipinski definition) is 2. The fourth-order valence-corrected chi connectivity index (χ4v) is 3.41. The molecule has 0 bridgehead atoms. The molecule has 1 aliphatic heterocycles. The second-order valence-corrected chi connectivity index (χ2v) is 6.60. The van der Waals surface area contributed by atoms with Gasteiger partial charge in [-0.2, -0.15) is 0 Å². The number of phenols is 2. The van der Waals surface area contributed by atoms with Crippen molar-refractivity contribution in [2.24, 2.45) is 5.92 Å². The molecular formula is C20H22FNO3. The number of amides is 1. The molecule has 2 aromatic rings. The molecule has 1 atom stereocenters. The van der Waals surface area contributed by atoms with Crippen LogP contribution in [0.1, 0.15) is 35.2 Å². The molecule has 1 heterocycles. The lowest BCUT2D eigenvalue weighted by Crippen LogP contribution is -2.40. The Hall–Kier alpha value is -2.56. The van der Waals surface area contributed by atoms with Crippen molar-refractivity contribution in [1.82, 2.24) is 4.90 Å². The van der Waals surface area contributed by atoms with Crippen LogP contribution in [0.4, 0.5) is 4.39 Å². The summed E-state index contributed by atoms with van der Waals surface area (Å²) in [5.74, 6) is -0.602. The van der Waals surface area contributed by atoms with E-state index in [1.54, 1.807) is 17.0 Å². The van der Waals surface area contributed by atoms with Crippen molar-refractivity contribution >= 4 is 5.91 Å². The maximum atomic E-state index is 13.0. The van der Waals surface area contributed by atoms with E-state index in [1.807, 2.05) is 0 Å². The first-order valence-corrected chi connectivity index (χ1v) is 8.59. The topological polar surface area (TPSA) is 60.8 Å². The highest BCUT2D eigenvalue weighted by Crippen LogP contribution is 2.30. The molecule has 0 radical (unpaired) electrons. The zero-order valence-corrected chi connectivity index (χ0v) is 14.0. The second kappa shape index (κ2) is 7.55. The van der Waals surface area contributed by atoms with Crippen LogP contribution in [0.2, 0.25) is 0 Å². The zero-order chi connectivity index (χ0) is 17.8. The van der Waals surface area contributed by atoms with Crippen LogP contribution >= 0.6 is 0 Å². The highest BCUT2D eigenvalue weighted by atomic mass is 19.1. The highest BCUT2D eigenvalue weighted by Gasteiger charge is 2.27. The molecule has 0 unspecified atom stereocenters. The Labute approximate surface area is 146 Å². The van der Waals surface area contributed by atoms with Gasteiger partial charge in [-0.25, -0.2) is 4.39 Å². The average Bonchev–Trinajstić information content (AvgIpc) is 2.61. The number of benzene rings is 2. The molecule has 1 aliphatic rings. The van der Waals surface area contributed by atoms with Gasteiger partial charge in [0.15, 0.2) is 0 Å². The van der Waals surface area contributed by atoms with E-state index < -0.39 is 0 Å². The van der Waals surface area contributed by atoms with Gasteiger partial charge in [0.2, 0.25) is 0 Å². The first-order chi connectivity index (χ1) is 12.0. The third kappa shape index (κ3) is 4.10. The minimum atomic E-state index is -0.331. The predicted molar refractivity (Wildman–Crippen MR) is 93.1 cm³/mol. The second-order valence-electron chi connectivity index (χ2n) is 6.60.